The van der Waals surface area contributed by atoms with Crippen LogP contribution in [0.4, 0.5) is 4.39 Å². The molecule has 0 saturated carbocycles. The molecule has 1 aromatic rings. The molecule has 0 aromatic carbocycles. The maximum absolute atomic E-state index is 12.8. The molecule has 0 N–H and O–H groups in total. The van der Waals surface area contributed by atoms with Gasteiger partial charge < -0.3 is 0 Å². The van der Waals surface area contributed by atoms with Crippen LogP contribution in [-0.4, -0.2) is 4.98 Å². The summed E-state index contributed by atoms with van der Waals surface area (Å²) in [7, 11) is 0. The van der Waals surface area contributed by atoms with E-state index in [1.807, 2.05) is 0 Å². The Morgan fingerprint density at radius 2 is 1.91 bits per heavy atom. The number of rotatable bonds is 1. The Kier molecular flexibility index (Phi) is 2.88. The fourth-order valence-electron chi connectivity index (χ4n) is 0.452. The van der Waals surface area contributed by atoms with Gasteiger partial charge in [0.15, 0.2) is 9.62 Å². The van der Waals surface area contributed by atoms with E-state index in [9.17, 15) is 4.39 Å². The maximum Gasteiger partial charge on any atom is 0.295 e. The predicted octanol–water partition coefficient (Wildman–Crippen LogP) is 4.01. The van der Waals surface area contributed by atoms with Crippen LogP contribution < -0.4 is 0 Å². The van der Waals surface area contributed by atoms with Gasteiger partial charge in [0.2, 0.25) is 0 Å². The Morgan fingerprint density at radius 3 is 2.09 bits per heavy atom. The van der Waals surface area contributed by atoms with Crippen molar-refractivity contribution in [2.24, 2.45) is 0 Å². The Hall–Kier alpha value is 0.720. The van der Waals surface area contributed by atoms with Crippen LogP contribution in [0.5, 0.6) is 0 Å². The van der Waals surface area contributed by atoms with Crippen molar-refractivity contribution in [1.29, 1.82) is 0 Å². The molecule has 0 aliphatic rings. The molecule has 62 valence electrons. The van der Waals surface area contributed by atoms with Gasteiger partial charge in [0.1, 0.15) is 4.88 Å². The summed E-state index contributed by atoms with van der Waals surface area (Å²) < 4.78 is 10.3. The van der Waals surface area contributed by atoms with E-state index in [-0.39, 0.29) is 14.5 Å². The number of aromatic nitrogens is 1. The highest BCUT2D eigenvalue weighted by atomic mass is 35.5. The minimum atomic E-state index is -2.51. The van der Waals surface area contributed by atoms with Crippen molar-refractivity contribution in [1.82, 2.24) is 4.98 Å². The summed E-state index contributed by atoms with van der Waals surface area (Å²) in [5.74, 6) is 0. The summed E-state index contributed by atoms with van der Waals surface area (Å²) in [6, 6.07) is 0. The molecule has 0 aliphatic carbocycles. The topological polar surface area (TPSA) is 12.9 Å². The smallest absolute Gasteiger partial charge is 0.212 e. The van der Waals surface area contributed by atoms with E-state index in [1.54, 1.807) is 0 Å². The van der Waals surface area contributed by atoms with E-state index < -0.39 is 4.59 Å². The van der Waals surface area contributed by atoms with Crippen molar-refractivity contribution in [2.75, 3.05) is 0 Å². The van der Waals surface area contributed by atoms with Crippen LogP contribution in [0.25, 0.3) is 0 Å². The van der Waals surface area contributed by atoms with Crippen LogP contribution >= 0.6 is 57.7 Å². The molecule has 0 amide bonds. The fourth-order valence-corrected chi connectivity index (χ4v) is 2.25. The summed E-state index contributed by atoms with van der Waals surface area (Å²) >= 11 is 21.9. The number of halogens is 5. The van der Waals surface area contributed by atoms with E-state index in [1.165, 1.54) is 0 Å². The summed E-state index contributed by atoms with van der Waals surface area (Å²) in [6.45, 7) is 0. The zero-order chi connectivity index (χ0) is 8.65. The van der Waals surface area contributed by atoms with Gasteiger partial charge in [-0.15, -0.1) is 0 Å². The quantitative estimate of drug-likeness (QED) is 0.691. The summed E-state index contributed by atoms with van der Waals surface area (Å²) in [4.78, 5) is 3.43. The van der Waals surface area contributed by atoms with Gasteiger partial charge in [-0.3, -0.25) is 0 Å². The van der Waals surface area contributed by atoms with Crippen molar-refractivity contribution in [3.63, 3.8) is 0 Å². The van der Waals surface area contributed by atoms with Gasteiger partial charge in [-0.1, -0.05) is 57.7 Å². The second kappa shape index (κ2) is 3.23. The molecule has 7 heteroatoms. The van der Waals surface area contributed by atoms with E-state index in [0.29, 0.717) is 0 Å². The average Bonchev–Trinajstić information content (AvgIpc) is 2.08. The number of thiazole rings is 1. The summed E-state index contributed by atoms with van der Waals surface area (Å²) in [6.07, 6.45) is 0. The Balaban J connectivity index is 3.13. The SMILES string of the molecule is FC(Cl)(Cl)c1sc(Cl)nc1Cl. The number of hydrogen-bond donors (Lipinski definition) is 0. The highest BCUT2D eigenvalue weighted by Gasteiger charge is 2.31. The average molecular weight is 255 g/mol. The van der Waals surface area contributed by atoms with Crippen LogP contribution in [0.15, 0.2) is 0 Å². The minimum Gasteiger partial charge on any atom is -0.212 e. The third-order valence-corrected chi connectivity index (χ3v) is 3.06. The first-order valence-corrected chi connectivity index (χ1v) is 4.63. The molecule has 0 spiro atoms. The molecule has 11 heavy (non-hydrogen) atoms. The maximum atomic E-state index is 12.8. The minimum absolute atomic E-state index is 0.0903. The molecule has 0 saturated heterocycles. The van der Waals surface area contributed by atoms with Crippen molar-refractivity contribution in [3.05, 3.63) is 14.5 Å². The van der Waals surface area contributed by atoms with E-state index in [2.05, 4.69) is 4.98 Å². The van der Waals surface area contributed by atoms with Gasteiger partial charge in [-0.25, -0.2) is 9.37 Å². The third kappa shape index (κ3) is 2.33. The van der Waals surface area contributed by atoms with Crippen LogP contribution in [-0.2, 0) is 4.59 Å². The molecule has 1 heterocycles. The van der Waals surface area contributed by atoms with E-state index in [0.717, 1.165) is 11.3 Å². The first kappa shape index (κ1) is 9.81. The van der Waals surface area contributed by atoms with Crippen molar-refractivity contribution >= 4 is 57.7 Å². The number of hydrogen-bond acceptors (Lipinski definition) is 2. The van der Waals surface area contributed by atoms with Crippen LogP contribution in [0.2, 0.25) is 9.62 Å². The second-order valence-electron chi connectivity index (χ2n) is 1.58. The van der Waals surface area contributed by atoms with Gasteiger partial charge in [-0.2, -0.15) is 0 Å². The van der Waals surface area contributed by atoms with Gasteiger partial charge in [0.05, 0.1) is 0 Å². The van der Waals surface area contributed by atoms with Crippen molar-refractivity contribution in [3.8, 4) is 0 Å². The zero-order valence-corrected chi connectivity index (χ0v) is 8.59. The molecule has 0 bridgehead atoms. The highest BCUT2D eigenvalue weighted by Crippen LogP contribution is 2.43. The van der Waals surface area contributed by atoms with Crippen LogP contribution in [0.1, 0.15) is 4.88 Å². The second-order valence-corrected chi connectivity index (χ2v) is 4.76. The first-order chi connectivity index (χ1) is 4.91. The lowest BCUT2D eigenvalue weighted by atomic mass is 10.6. The normalized spacial score (nSPS) is 12.1. The summed E-state index contributed by atoms with van der Waals surface area (Å²) in [5.41, 5.74) is 0. The van der Waals surface area contributed by atoms with Gasteiger partial charge in [0, 0.05) is 0 Å². The number of alkyl halides is 3. The molecule has 0 aliphatic heterocycles. The fraction of sp³-hybridized carbons (Fsp3) is 0.250. The Morgan fingerprint density at radius 1 is 1.36 bits per heavy atom. The Labute approximate surface area is 86.0 Å². The van der Waals surface area contributed by atoms with E-state index in [4.69, 9.17) is 46.4 Å². The molecular formula is C4Cl4FNS. The molecule has 1 rings (SSSR count). The largest absolute Gasteiger partial charge is 0.295 e. The monoisotopic (exact) mass is 253 g/mol. The number of nitrogens with zero attached hydrogens (tertiary/aromatic N) is 1. The lowest BCUT2D eigenvalue weighted by Crippen LogP contribution is -1.98. The standard InChI is InChI=1S/C4Cl4FNS/c5-2-1(4(7,8)9)11-3(6)10-2. The summed E-state index contributed by atoms with van der Waals surface area (Å²) in [5, 5.41) is -0.104. The molecular weight excluding hydrogens is 255 g/mol. The zero-order valence-electron chi connectivity index (χ0n) is 4.75. The van der Waals surface area contributed by atoms with Crippen LogP contribution in [0, 0.1) is 0 Å². The van der Waals surface area contributed by atoms with Crippen molar-refractivity contribution < 1.29 is 4.39 Å². The predicted molar refractivity (Wildman–Crippen MR) is 46.6 cm³/mol. The van der Waals surface area contributed by atoms with Gasteiger partial charge in [0.25, 0.3) is 4.59 Å². The lowest BCUT2D eigenvalue weighted by Gasteiger charge is -2.04. The molecule has 0 unspecified atom stereocenters. The first-order valence-electron chi connectivity index (χ1n) is 2.30. The van der Waals surface area contributed by atoms with Crippen LogP contribution in [0.3, 0.4) is 0 Å². The third-order valence-electron chi connectivity index (χ3n) is 0.817. The molecule has 1 nitrogen and oxygen atoms in total. The Bertz CT molecular complexity index is 268. The van der Waals surface area contributed by atoms with Crippen molar-refractivity contribution in [2.45, 2.75) is 4.59 Å². The molecule has 0 atom stereocenters. The van der Waals surface area contributed by atoms with Gasteiger partial charge in [-0.05, 0) is 0 Å². The lowest BCUT2D eigenvalue weighted by molar-refractivity contribution is 0.411. The molecule has 0 radical (unpaired) electrons. The van der Waals surface area contributed by atoms with Gasteiger partial charge >= 0.3 is 0 Å². The highest BCUT2D eigenvalue weighted by molar-refractivity contribution is 7.16. The van der Waals surface area contributed by atoms with E-state index >= 15 is 0 Å². The molecule has 1 aromatic heterocycles. The molecule has 0 fully saturated rings.